The quantitative estimate of drug-likeness (QED) is 0.913. The van der Waals surface area contributed by atoms with E-state index in [4.69, 9.17) is 4.74 Å². The summed E-state index contributed by atoms with van der Waals surface area (Å²) in [6.07, 6.45) is 0.409. The summed E-state index contributed by atoms with van der Waals surface area (Å²) in [6, 6.07) is 13.9. The minimum atomic E-state index is -0.0239. The van der Waals surface area contributed by atoms with Gasteiger partial charge in [0.05, 0.1) is 19.6 Å². The fourth-order valence-electron chi connectivity index (χ4n) is 2.49. The summed E-state index contributed by atoms with van der Waals surface area (Å²) >= 11 is 0. The average Bonchev–Trinajstić information content (AvgIpc) is 2.50. The Balaban J connectivity index is 1.98. The molecule has 3 heteroatoms. The molecule has 0 fully saturated rings. The van der Waals surface area contributed by atoms with Crippen LogP contribution >= 0.6 is 0 Å². The number of hydrogen-bond donors (Lipinski definition) is 1. The SMILES string of the molecule is COc1ccc([C@@H](C)NC(=O)Cc2ccc(C)cc2C)cc1. The first-order chi connectivity index (χ1) is 10.5. The lowest BCUT2D eigenvalue weighted by atomic mass is 10.0. The molecule has 1 atom stereocenters. The number of carbonyl (C=O) groups is 1. The third kappa shape index (κ3) is 4.10. The number of ether oxygens (including phenoxy) is 1. The minimum absolute atomic E-state index is 0.0239. The van der Waals surface area contributed by atoms with Gasteiger partial charge in [0.25, 0.3) is 0 Å². The monoisotopic (exact) mass is 297 g/mol. The second kappa shape index (κ2) is 7.12. The van der Waals surface area contributed by atoms with Gasteiger partial charge in [0.1, 0.15) is 5.75 Å². The lowest BCUT2D eigenvalue weighted by Gasteiger charge is -2.15. The van der Waals surface area contributed by atoms with E-state index < -0.39 is 0 Å². The van der Waals surface area contributed by atoms with Crippen LogP contribution in [0.2, 0.25) is 0 Å². The van der Waals surface area contributed by atoms with Gasteiger partial charge in [0.15, 0.2) is 0 Å². The highest BCUT2D eigenvalue weighted by Gasteiger charge is 2.11. The van der Waals surface area contributed by atoms with Crippen molar-refractivity contribution in [1.29, 1.82) is 0 Å². The van der Waals surface area contributed by atoms with Crippen molar-refractivity contribution in [3.05, 3.63) is 64.7 Å². The summed E-state index contributed by atoms with van der Waals surface area (Å²) in [5.74, 6) is 0.854. The van der Waals surface area contributed by atoms with Gasteiger partial charge in [-0.15, -0.1) is 0 Å². The van der Waals surface area contributed by atoms with Gasteiger partial charge in [-0.25, -0.2) is 0 Å². The van der Waals surface area contributed by atoms with E-state index in [9.17, 15) is 4.79 Å². The number of amides is 1. The molecule has 22 heavy (non-hydrogen) atoms. The summed E-state index contributed by atoms with van der Waals surface area (Å²) in [6.45, 7) is 6.09. The van der Waals surface area contributed by atoms with E-state index in [1.54, 1.807) is 7.11 Å². The molecule has 3 nitrogen and oxygen atoms in total. The lowest BCUT2D eigenvalue weighted by molar-refractivity contribution is -0.121. The van der Waals surface area contributed by atoms with Crippen molar-refractivity contribution in [3.8, 4) is 5.75 Å². The van der Waals surface area contributed by atoms with Crippen LogP contribution in [-0.2, 0) is 11.2 Å². The van der Waals surface area contributed by atoms with Crippen LogP contribution in [0.5, 0.6) is 5.75 Å². The van der Waals surface area contributed by atoms with Crippen molar-refractivity contribution in [1.82, 2.24) is 5.32 Å². The summed E-state index contributed by atoms with van der Waals surface area (Å²) < 4.78 is 5.14. The van der Waals surface area contributed by atoms with E-state index in [1.165, 1.54) is 5.56 Å². The largest absolute Gasteiger partial charge is 0.497 e. The molecule has 0 radical (unpaired) electrons. The van der Waals surface area contributed by atoms with Gasteiger partial charge < -0.3 is 10.1 Å². The maximum atomic E-state index is 12.2. The first-order valence-corrected chi connectivity index (χ1v) is 7.49. The molecule has 1 N–H and O–H groups in total. The van der Waals surface area contributed by atoms with E-state index in [0.717, 1.165) is 22.4 Å². The number of benzene rings is 2. The zero-order chi connectivity index (χ0) is 16.1. The van der Waals surface area contributed by atoms with Crippen molar-refractivity contribution < 1.29 is 9.53 Å². The topological polar surface area (TPSA) is 38.3 Å². The molecule has 0 unspecified atom stereocenters. The average molecular weight is 297 g/mol. The van der Waals surface area contributed by atoms with E-state index in [1.807, 2.05) is 50.2 Å². The number of methoxy groups -OCH3 is 1. The smallest absolute Gasteiger partial charge is 0.224 e. The van der Waals surface area contributed by atoms with E-state index in [0.29, 0.717) is 6.42 Å². The molecular formula is C19H23NO2. The molecule has 0 aromatic heterocycles. The Bertz CT molecular complexity index is 647. The number of carbonyl (C=O) groups excluding carboxylic acids is 1. The maximum Gasteiger partial charge on any atom is 0.224 e. The van der Waals surface area contributed by atoms with Crippen molar-refractivity contribution in [2.45, 2.75) is 33.2 Å². The van der Waals surface area contributed by atoms with Crippen LogP contribution in [-0.4, -0.2) is 13.0 Å². The first kappa shape index (κ1) is 16.1. The van der Waals surface area contributed by atoms with Crippen LogP contribution in [0.1, 0.15) is 35.2 Å². The van der Waals surface area contributed by atoms with Gasteiger partial charge in [-0.2, -0.15) is 0 Å². The standard InChI is InChI=1S/C19H23NO2/c1-13-5-6-17(14(2)11-13)12-19(21)20-15(3)16-7-9-18(22-4)10-8-16/h5-11,15H,12H2,1-4H3,(H,20,21)/t15-/m1/s1. The highest BCUT2D eigenvalue weighted by atomic mass is 16.5. The predicted octanol–water partition coefficient (Wildman–Crippen LogP) is 3.73. The van der Waals surface area contributed by atoms with Crippen LogP contribution in [0.25, 0.3) is 0 Å². The maximum absolute atomic E-state index is 12.2. The molecule has 2 aromatic rings. The van der Waals surface area contributed by atoms with E-state index in [2.05, 4.69) is 18.3 Å². The van der Waals surface area contributed by atoms with Gasteiger partial charge >= 0.3 is 0 Å². The molecule has 0 spiro atoms. The van der Waals surface area contributed by atoms with Crippen LogP contribution in [0.4, 0.5) is 0 Å². The van der Waals surface area contributed by atoms with Crippen LogP contribution < -0.4 is 10.1 Å². The third-order valence-corrected chi connectivity index (χ3v) is 3.84. The van der Waals surface area contributed by atoms with Crippen molar-refractivity contribution in [2.24, 2.45) is 0 Å². The zero-order valence-corrected chi connectivity index (χ0v) is 13.6. The fraction of sp³-hybridized carbons (Fsp3) is 0.316. The number of rotatable bonds is 5. The molecule has 2 aromatic carbocycles. The molecule has 1 amide bonds. The first-order valence-electron chi connectivity index (χ1n) is 7.49. The van der Waals surface area contributed by atoms with Crippen molar-refractivity contribution in [2.75, 3.05) is 7.11 Å². The molecular weight excluding hydrogens is 274 g/mol. The Hall–Kier alpha value is -2.29. The molecule has 0 aliphatic heterocycles. The normalized spacial score (nSPS) is 11.8. The van der Waals surface area contributed by atoms with E-state index >= 15 is 0 Å². The highest BCUT2D eigenvalue weighted by molar-refractivity contribution is 5.79. The predicted molar refractivity (Wildman–Crippen MR) is 89.2 cm³/mol. The van der Waals surface area contributed by atoms with Gasteiger partial charge in [0, 0.05) is 0 Å². The van der Waals surface area contributed by atoms with Gasteiger partial charge in [-0.1, -0.05) is 35.9 Å². The van der Waals surface area contributed by atoms with E-state index in [-0.39, 0.29) is 11.9 Å². The molecule has 0 saturated carbocycles. The fourth-order valence-corrected chi connectivity index (χ4v) is 2.49. The van der Waals surface area contributed by atoms with Gasteiger partial charge in [-0.05, 0) is 49.6 Å². The third-order valence-electron chi connectivity index (χ3n) is 3.84. The highest BCUT2D eigenvalue weighted by Crippen LogP contribution is 2.18. The molecule has 2 rings (SSSR count). The van der Waals surface area contributed by atoms with Gasteiger partial charge in [0.2, 0.25) is 5.91 Å². The Morgan fingerprint density at radius 1 is 1.14 bits per heavy atom. The zero-order valence-electron chi connectivity index (χ0n) is 13.6. The Morgan fingerprint density at radius 2 is 1.82 bits per heavy atom. The molecule has 116 valence electrons. The summed E-state index contributed by atoms with van der Waals surface area (Å²) in [7, 11) is 1.64. The summed E-state index contributed by atoms with van der Waals surface area (Å²) in [5.41, 5.74) is 4.51. The minimum Gasteiger partial charge on any atom is -0.497 e. The second-order valence-corrected chi connectivity index (χ2v) is 5.67. The molecule has 0 heterocycles. The van der Waals surface area contributed by atoms with Crippen LogP contribution in [0.15, 0.2) is 42.5 Å². The number of aryl methyl sites for hydroxylation is 2. The Labute approximate surface area is 132 Å². The number of nitrogens with one attached hydrogen (secondary N) is 1. The van der Waals surface area contributed by atoms with Gasteiger partial charge in [-0.3, -0.25) is 4.79 Å². The van der Waals surface area contributed by atoms with Crippen LogP contribution in [0.3, 0.4) is 0 Å². The second-order valence-electron chi connectivity index (χ2n) is 5.67. The van der Waals surface area contributed by atoms with Crippen molar-refractivity contribution in [3.63, 3.8) is 0 Å². The summed E-state index contributed by atoms with van der Waals surface area (Å²) in [4.78, 5) is 12.2. The lowest BCUT2D eigenvalue weighted by Crippen LogP contribution is -2.28. The molecule has 0 bridgehead atoms. The molecule has 0 aliphatic rings. The van der Waals surface area contributed by atoms with Crippen LogP contribution in [0, 0.1) is 13.8 Å². The number of hydrogen-bond acceptors (Lipinski definition) is 2. The Morgan fingerprint density at radius 3 is 2.41 bits per heavy atom. The molecule has 0 aliphatic carbocycles. The molecule has 0 saturated heterocycles. The summed E-state index contributed by atoms with van der Waals surface area (Å²) in [5, 5.41) is 3.04. The Kier molecular flexibility index (Phi) is 5.21. The van der Waals surface area contributed by atoms with Crippen molar-refractivity contribution >= 4 is 5.91 Å².